The van der Waals surface area contributed by atoms with Crippen LogP contribution < -0.4 is 5.32 Å². The zero-order valence-corrected chi connectivity index (χ0v) is 12.4. The highest BCUT2D eigenvalue weighted by Gasteiger charge is 2.13. The molecule has 1 N–H and O–H groups in total. The van der Waals surface area contributed by atoms with E-state index in [2.05, 4.69) is 27.2 Å². The summed E-state index contributed by atoms with van der Waals surface area (Å²) in [7, 11) is 0. The fraction of sp³-hybridized carbons (Fsp3) is 0.417. The molecule has 0 fully saturated rings. The van der Waals surface area contributed by atoms with E-state index in [4.69, 9.17) is 11.6 Å². The summed E-state index contributed by atoms with van der Waals surface area (Å²) in [6.45, 7) is 7.95. The number of hydrogen-bond donors (Lipinski definition) is 1. The second-order valence-corrected chi connectivity index (χ2v) is 5.79. The first kappa shape index (κ1) is 13.2. The van der Waals surface area contributed by atoms with Crippen LogP contribution in [0, 0.1) is 20.8 Å². The molecule has 0 aliphatic rings. The van der Waals surface area contributed by atoms with Gasteiger partial charge >= 0.3 is 0 Å². The summed E-state index contributed by atoms with van der Waals surface area (Å²) in [6, 6.07) is 1.88. The molecular formula is C12H15ClN4S. The van der Waals surface area contributed by atoms with Gasteiger partial charge < -0.3 is 5.32 Å². The Balaban J connectivity index is 2.20. The van der Waals surface area contributed by atoms with Gasteiger partial charge in [0.2, 0.25) is 0 Å². The maximum Gasteiger partial charge on any atom is 0.134 e. The normalized spacial score (nSPS) is 12.5. The topological polar surface area (TPSA) is 50.7 Å². The van der Waals surface area contributed by atoms with Crippen LogP contribution >= 0.6 is 22.9 Å². The largest absolute Gasteiger partial charge is 0.363 e. The lowest BCUT2D eigenvalue weighted by atomic mass is 10.2. The Kier molecular flexibility index (Phi) is 3.82. The number of nitrogens with one attached hydrogen (secondary N) is 1. The molecule has 0 saturated carbocycles. The molecule has 0 radical (unpaired) electrons. The summed E-state index contributed by atoms with van der Waals surface area (Å²) in [4.78, 5) is 14.0. The molecule has 6 heteroatoms. The molecule has 0 aliphatic heterocycles. The number of hydrogen-bond acceptors (Lipinski definition) is 5. The summed E-state index contributed by atoms with van der Waals surface area (Å²) in [5.74, 6) is 1.40. The molecule has 0 aromatic carbocycles. The minimum absolute atomic E-state index is 0.154. The van der Waals surface area contributed by atoms with Gasteiger partial charge in [0.05, 0.1) is 16.7 Å². The predicted molar refractivity (Wildman–Crippen MR) is 75.4 cm³/mol. The fourth-order valence-electron chi connectivity index (χ4n) is 1.84. The van der Waals surface area contributed by atoms with Crippen LogP contribution in [0.15, 0.2) is 6.07 Å². The molecule has 2 aromatic heterocycles. The zero-order valence-electron chi connectivity index (χ0n) is 10.8. The van der Waals surface area contributed by atoms with Gasteiger partial charge in [-0.3, -0.25) is 0 Å². The van der Waals surface area contributed by atoms with Crippen LogP contribution in [0.5, 0.6) is 0 Å². The van der Waals surface area contributed by atoms with Crippen LogP contribution in [0.1, 0.15) is 34.4 Å². The standard InChI is InChI=1S/C12H15ClN4S/c1-6-12(18-9(4)14-6)7(2)15-11-5-10(13)16-8(3)17-11/h5,7H,1-4H3,(H,15,16,17). The van der Waals surface area contributed by atoms with Crippen LogP contribution in [-0.4, -0.2) is 15.0 Å². The van der Waals surface area contributed by atoms with Crippen LogP contribution in [0.25, 0.3) is 0 Å². The van der Waals surface area contributed by atoms with Crippen molar-refractivity contribution in [2.75, 3.05) is 5.32 Å². The monoisotopic (exact) mass is 282 g/mol. The number of rotatable bonds is 3. The molecule has 0 aliphatic carbocycles. The molecule has 1 unspecified atom stereocenters. The number of aryl methyl sites for hydroxylation is 3. The lowest BCUT2D eigenvalue weighted by Gasteiger charge is -2.13. The predicted octanol–water partition coefficient (Wildman–Crippen LogP) is 3.68. The van der Waals surface area contributed by atoms with E-state index in [0.717, 1.165) is 16.5 Å². The third-order valence-electron chi connectivity index (χ3n) is 2.50. The van der Waals surface area contributed by atoms with Gasteiger partial charge in [0.25, 0.3) is 0 Å². The van der Waals surface area contributed by atoms with E-state index in [1.807, 2.05) is 20.8 Å². The third kappa shape index (κ3) is 2.97. The average Bonchev–Trinajstić information content (AvgIpc) is 2.56. The quantitative estimate of drug-likeness (QED) is 0.873. The van der Waals surface area contributed by atoms with Gasteiger partial charge in [0.15, 0.2) is 0 Å². The Bertz CT molecular complexity index is 547. The number of thiazole rings is 1. The molecule has 2 rings (SSSR count). The van der Waals surface area contributed by atoms with E-state index in [-0.39, 0.29) is 6.04 Å². The summed E-state index contributed by atoms with van der Waals surface area (Å²) >= 11 is 7.61. The van der Waals surface area contributed by atoms with Gasteiger partial charge in [0.1, 0.15) is 16.8 Å². The van der Waals surface area contributed by atoms with Crippen LogP contribution in [-0.2, 0) is 0 Å². The summed E-state index contributed by atoms with van der Waals surface area (Å²) in [5.41, 5.74) is 1.06. The Morgan fingerprint density at radius 3 is 2.50 bits per heavy atom. The Morgan fingerprint density at radius 1 is 1.22 bits per heavy atom. The van der Waals surface area contributed by atoms with Crippen molar-refractivity contribution in [3.05, 3.63) is 32.6 Å². The van der Waals surface area contributed by atoms with Crippen LogP contribution in [0.3, 0.4) is 0 Å². The first-order chi connectivity index (χ1) is 8.45. The molecule has 0 spiro atoms. The Labute approximate surface area is 115 Å². The van der Waals surface area contributed by atoms with Crippen molar-refractivity contribution in [3.8, 4) is 0 Å². The highest BCUT2D eigenvalue weighted by atomic mass is 35.5. The van der Waals surface area contributed by atoms with Crippen molar-refractivity contribution in [1.29, 1.82) is 0 Å². The van der Waals surface area contributed by atoms with E-state index in [1.165, 1.54) is 4.88 Å². The summed E-state index contributed by atoms with van der Waals surface area (Å²) in [6.07, 6.45) is 0. The zero-order chi connectivity index (χ0) is 13.3. The Morgan fingerprint density at radius 2 is 1.94 bits per heavy atom. The third-order valence-corrected chi connectivity index (χ3v) is 3.95. The minimum atomic E-state index is 0.154. The van der Waals surface area contributed by atoms with Crippen LogP contribution in [0.4, 0.5) is 5.82 Å². The van der Waals surface area contributed by atoms with Crippen molar-refractivity contribution in [1.82, 2.24) is 15.0 Å². The molecule has 2 aromatic rings. The van der Waals surface area contributed by atoms with E-state index < -0.39 is 0 Å². The number of aromatic nitrogens is 3. The molecule has 0 saturated heterocycles. The first-order valence-corrected chi connectivity index (χ1v) is 6.87. The van der Waals surface area contributed by atoms with E-state index in [1.54, 1.807) is 17.4 Å². The smallest absolute Gasteiger partial charge is 0.134 e. The lowest BCUT2D eigenvalue weighted by molar-refractivity contribution is 0.872. The van der Waals surface area contributed by atoms with Crippen molar-refractivity contribution >= 4 is 28.8 Å². The number of halogens is 1. The molecule has 18 heavy (non-hydrogen) atoms. The van der Waals surface area contributed by atoms with Gasteiger partial charge in [-0.05, 0) is 27.7 Å². The maximum absolute atomic E-state index is 5.91. The van der Waals surface area contributed by atoms with Gasteiger partial charge in [-0.15, -0.1) is 11.3 Å². The van der Waals surface area contributed by atoms with E-state index in [9.17, 15) is 0 Å². The second-order valence-electron chi connectivity index (χ2n) is 4.17. The highest BCUT2D eigenvalue weighted by molar-refractivity contribution is 7.11. The number of anilines is 1. The molecule has 96 valence electrons. The molecular weight excluding hydrogens is 268 g/mol. The fourth-order valence-corrected chi connectivity index (χ4v) is 3.00. The number of nitrogens with zero attached hydrogens (tertiary/aromatic N) is 3. The summed E-state index contributed by atoms with van der Waals surface area (Å²) < 4.78 is 0. The summed E-state index contributed by atoms with van der Waals surface area (Å²) in [5, 5.41) is 4.86. The molecule has 4 nitrogen and oxygen atoms in total. The van der Waals surface area contributed by atoms with Gasteiger partial charge in [-0.25, -0.2) is 15.0 Å². The Hall–Kier alpha value is -1.20. The van der Waals surface area contributed by atoms with Crippen LogP contribution in [0.2, 0.25) is 5.15 Å². The van der Waals surface area contributed by atoms with Crippen molar-refractivity contribution in [2.45, 2.75) is 33.7 Å². The lowest BCUT2D eigenvalue weighted by Crippen LogP contribution is -2.08. The highest BCUT2D eigenvalue weighted by Crippen LogP contribution is 2.27. The second kappa shape index (κ2) is 5.20. The van der Waals surface area contributed by atoms with Crippen molar-refractivity contribution in [3.63, 3.8) is 0 Å². The maximum atomic E-state index is 5.91. The molecule has 0 bridgehead atoms. The van der Waals surface area contributed by atoms with Gasteiger partial charge in [-0.1, -0.05) is 11.6 Å². The van der Waals surface area contributed by atoms with Gasteiger partial charge in [0, 0.05) is 10.9 Å². The molecule has 0 amide bonds. The SMILES string of the molecule is Cc1nc(Cl)cc(NC(C)c2sc(C)nc2C)n1. The first-order valence-electron chi connectivity index (χ1n) is 5.67. The molecule has 2 heterocycles. The van der Waals surface area contributed by atoms with E-state index >= 15 is 0 Å². The molecule has 1 atom stereocenters. The minimum Gasteiger partial charge on any atom is -0.363 e. The van der Waals surface area contributed by atoms with Crippen molar-refractivity contribution < 1.29 is 0 Å². The van der Waals surface area contributed by atoms with Gasteiger partial charge in [-0.2, -0.15) is 0 Å². The average molecular weight is 283 g/mol. The van der Waals surface area contributed by atoms with Crippen molar-refractivity contribution in [2.24, 2.45) is 0 Å². The van der Waals surface area contributed by atoms with E-state index in [0.29, 0.717) is 11.0 Å².